The molecule has 3 nitrogen and oxygen atoms in total. The molecule has 6 aromatic rings. The summed E-state index contributed by atoms with van der Waals surface area (Å²) >= 11 is 5.28. The normalized spacial score (nSPS) is 14.0. The molecule has 0 amide bonds. The van der Waals surface area contributed by atoms with Crippen LogP contribution in [0.25, 0.3) is 11.3 Å². The molecule has 0 saturated carbocycles. The topological polar surface area (TPSA) is 38.7 Å². The van der Waals surface area contributed by atoms with Crippen LogP contribution in [-0.4, -0.2) is 15.0 Å². The lowest BCUT2D eigenvalue weighted by molar-refractivity contribution is 0.541. The fourth-order valence-corrected chi connectivity index (χ4v) is 6.20. The fourth-order valence-electron chi connectivity index (χ4n) is 5.73. The molecule has 0 saturated heterocycles. The summed E-state index contributed by atoms with van der Waals surface area (Å²) < 4.78 is -0.573. The summed E-state index contributed by atoms with van der Waals surface area (Å²) in [6.45, 7) is 2.26. The van der Waals surface area contributed by atoms with E-state index in [1.54, 1.807) is 0 Å². The zero-order valence-corrected chi connectivity index (χ0v) is 24.5. The minimum atomic E-state index is -0.573. The fraction of sp³-hybridized carbons (Fsp3) is 0.132. The molecule has 0 bridgehead atoms. The Balaban J connectivity index is 1.33. The van der Waals surface area contributed by atoms with Gasteiger partial charge in [-0.25, -0.2) is 0 Å². The van der Waals surface area contributed by atoms with Gasteiger partial charge in [0, 0.05) is 35.5 Å². The molecule has 0 N–H and O–H groups in total. The minimum Gasteiger partial charge on any atom is -0.260 e. The molecule has 0 fully saturated rings. The van der Waals surface area contributed by atoms with Crippen LogP contribution in [0.4, 0.5) is 0 Å². The summed E-state index contributed by atoms with van der Waals surface area (Å²) in [4.78, 5) is 14.6. The predicted molar refractivity (Wildman–Crippen MR) is 175 cm³/mol. The van der Waals surface area contributed by atoms with Gasteiger partial charge in [0.2, 0.25) is 0 Å². The van der Waals surface area contributed by atoms with Crippen LogP contribution < -0.4 is 0 Å². The number of rotatable bonds is 9. The standard InChI is InChI=1S/C38H33N3S/c1-37(31-16-4-2-5-17-31,35-22-8-10-24-39-35)28-33-20-13-21-34(41-33)30-15-12-14-29(26-30)27-38(42,32-18-6-3-7-19-32)36-23-9-11-25-40-36/h2-26,42H,27-28H2,1H3. The maximum Gasteiger partial charge on any atom is 0.0838 e. The molecule has 0 aliphatic carbocycles. The van der Waals surface area contributed by atoms with Crippen LogP contribution in [0, 0.1) is 0 Å². The molecule has 0 aliphatic heterocycles. The van der Waals surface area contributed by atoms with Crippen molar-refractivity contribution in [1.29, 1.82) is 0 Å². The van der Waals surface area contributed by atoms with Crippen LogP contribution in [-0.2, 0) is 23.0 Å². The SMILES string of the molecule is CC(Cc1cccc(-c2cccc(CC(S)(c3ccccc3)c3ccccn3)c2)n1)(c1ccccc1)c1ccccn1. The molecule has 206 valence electrons. The second kappa shape index (κ2) is 12.1. The van der Waals surface area contributed by atoms with Crippen molar-refractivity contribution < 1.29 is 0 Å². The molecule has 0 aliphatic rings. The van der Waals surface area contributed by atoms with Gasteiger partial charge in [-0.15, -0.1) is 0 Å². The quantitative estimate of drug-likeness (QED) is 0.179. The Labute approximate surface area is 253 Å². The lowest BCUT2D eigenvalue weighted by atomic mass is 9.75. The van der Waals surface area contributed by atoms with Gasteiger partial charge in [-0.3, -0.25) is 15.0 Å². The van der Waals surface area contributed by atoms with Crippen LogP contribution in [0.2, 0.25) is 0 Å². The third kappa shape index (κ3) is 5.77. The van der Waals surface area contributed by atoms with Crippen molar-refractivity contribution in [2.45, 2.75) is 29.9 Å². The first kappa shape index (κ1) is 27.6. The molecule has 42 heavy (non-hydrogen) atoms. The van der Waals surface area contributed by atoms with E-state index in [0.29, 0.717) is 6.42 Å². The first-order chi connectivity index (χ1) is 20.5. The number of benzene rings is 3. The molecule has 3 aromatic carbocycles. The second-order valence-corrected chi connectivity index (χ2v) is 11.7. The Morgan fingerprint density at radius 3 is 1.86 bits per heavy atom. The number of pyridine rings is 3. The van der Waals surface area contributed by atoms with Crippen LogP contribution in [0.15, 0.2) is 152 Å². The maximum absolute atomic E-state index is 5.28. The van der Waals surface area contributed by atoms with Crippen LogP contribution in [0.1, 0.15) is 40.7 Å². The predicted octanol–water partition coefficient (Wildman–Crippen LogP) is 8.50. The average Bonchev–Trinajstić information content (AvgIpc) is 3.06. The van der Waals surface area contributed by atoms with Gasteiger partial charge in [-0.2, -0.15) is 12.6 Å². The molecular formula is C38H33N3S. The van der Waals surface area contributed by atoms with Gasteiger partial charge in [-0.1, -0.05) is 97.1 Å². The Morgan fingerprint density at radius 2 is 1.19 bits per heavy atom. The van der Waals surface area contributed by atoms with Gasteiger partial charge in [0.05, 0.1) is 21.8 Å². The number of hydrogen-bond acceptors (Lipinski definition) is 4. The van der Waals surface area contributed by atoms with E-state index < -0.39 is 4.75 Å². The summed E-state index contributed by atoms with van der Waals surface area (Å²) in [5.74, 6) is 0. The van der Waals surface area contributed by atoms with Crippen molar-refractivity contribution in [3.8, 4) is 11.3 Å². The summed E-state index contributed by atoms with van der Waals surface area (Å²) in [5, 5.41) is 0. The largest absolute Gasteiger partial charge is 0.260 e. The number of thiol groups is 1. The molecular weight excluding hydrogens is 531 g/mol. The highest BCUT2D eigenvalue weighted by atomic mass is 32.1. The van der Waals surface area contributed by atoms with Crippen LogP contribution >= 0.6 is 12.6 Å². The highest BCUT2D eigenvalue weighted by Crippen LogP contribution is 2.39. The van der Waals surface area contributed by atoms with Crippen molar-refractivity contribution in [1.82, 2.24) is 15.0 Å². The summed E-state index contributed by atoms with van der Waals surface area (Å²) in [6.07, 6.45) is 5.13. The first-order valence-corrected chi connectivity index (χ1v) is 14.7. The first-order valence-electron chi connectivity index (χ1n) is 14.3. The van der Waals surface area contributed by atoms with Gasteiger partial charge in [0.1, 0.15) is 0 Å². The Bertz CT molecular complexity index is 1530. The third-order valence-corrected chi connectivity index (χ3v) is 8.65. The van der Waals surface area contributed by atoms with E-state index >= 15 is 0 Å². The number of hydrogen-bond donors (Lipinski definition) is 1. The third-order valence-electron chi connectivity index (χ3n) is 8.01. The van der Waals surface area contributed by atoms with Gasteiger partial charge in [0.25, 0.3) is 0 Å². The zero-order chi connectivity index (χ0) is 28.8. The van der Waals surface area contributed by atoms with Gasteiger partial charge < -0.3 is 0 Å². The smallest absolute Gasteiger partial charge is 0.0838 e. The maximum atomic E-state index is 5.28. The molecule has 6 rings (SSSR count). The highest BCUT2D eigenvalue weighted by Gasteiger charge is 2.33. The lowest BCUT2D eigenvalue weighted by Gasteiger charge is -2.30. The van der Waals surface area contributed by atoms with Crippen molar-refractivity contribution in [2.24, 2.45) is 0 Å². The monoisotopic (exact) mass is 563 g/mol. The van der Waals surface area contributed by atoms with E-state index in [-0.39, 0.29) is 5.41 Å². The van der Waals surface area contributed by atoms with Crippen molar-refractivity contribution in [3.63, 3.8) is 0 Å². The molecule has 2 unspecified atom stereocenters. The van der Waals surface area contributed by atoms with E-state index in [1.165, 1.54) is 11.1 Å². The van der Waals surface area contributed by atoms with E-state index in [0.717, 1.165) is 40.3 Å². The number of nitrogens with zero attached hydrogens (tertiary/aromatic N) is 3. The summed E-state index contributed by atoms with van der Waals surface area (Å²) in [6, 6.07) is 48.1. The molecule has 4 heteroatoms. The average molecular weight is 564 g/mol. The van der Waals surface area contributed by atoms with E-state index in [4.69, 9.17) is 27.6 Å². The van der Waals surface area contributed by atoms with E-state index in [1.807, 2.05) is 36.7 Å². The molecule has 0 spiro atoms. The Hall–Kier alpha value is -4.54. The summed E-state index contributed by atoms with van der Waals surface area (Å²) in [5.41, 5.74) is 8.21. The summed E-state index contributed by atoms with van der Waals surface area (Å²) in [7, 11) is 0. The van der Waals surface area contributed by atoms with Gasteiger partial charge in [-0.05, 0) is 72.5 Å². The van der Waals surface area contributed by atoms with Crippen molar-refractivity contribution in [3.05, 3.63) is 186 Å². The van der Waals surface area contributed by atoms with Crippen molar-refractivity contribution in [2.75, 3.05) is 0 Å². The van der Waals surface area contributed by atoms with E-state index in [2.05, 4.69) is 122 Å². The Morgan fingerprint density at radius 1 is 0.571 bits per heavy atom. The number of aromatic nitrogens is 3. The van der Waals surface area contributed by atoms with Gasteiger partial charge in [0.15, 0.2) is 0 Å². The van der Waals surface area contributed by atoms with Crippen LogP contribution in [0.3, 0.4) is 0 Å². The molecule has 0 radical (unpaired) electrons. The van der Waals surface area contributed by atoms with Crippen LogP contribution in [0.5, 0.6) is 0 Å². The molecule has 3 aromatic heterocycles. The van der Waals surface area contributed by atoms with Crippen molar-refractivity contribution >= 4 is 12.6 Å². The lowest BCUT2D eigenvalue weighted by Crippen LogP contribution is -2.28. The van der Waals surface area contributed by atoms with Gasteiger partial charge >= 0.3 is 0 Å². The zero-order valence-electron chi connectivity index (χ0n) is 23.6. The Kier molecular flexibility index (Phi) is 7.98. The highest BCUT2D eigenvalue weighted by molar-refractivity contribution is 7.81. The molecule has 2 atom stereocenters. The second-order valence-electron chi connectivity index (χ2n) is 10.9. The molecule has 3 heterocycles. The minimum absolute atomic E-state index is 0.319. The van der Waals surface area contributed by atoms with E-state index in [9.17, 15) is 0 Å².